The van der Waals surface area contributed by atoms with Gasteiger partial charge in [-0.3, -0.25) is 19.3 Å². The molecule has 174 valence electrons. The molecule has 0 bridgehead atoms. The summed E-state index contributed by atoms with van der Waals surface area (Å²) in [4.78, 5) is 43.2. The maximum atomic E-state index is 13.3. The van der Waals surface area contributed by atoms with Gasteiger partial charge in [0, 0.05) is 23.4 Å². The molecule has 8 nitrogen and oxygen atoms in total. The number of aliphatic hydroxyl groups is 1. The fourth-order valence-corrected chi connectivity index (χ4v) is 4.51. The predicted octanol–water partition coefficient (Wildman–Crippen LogP) is 3.80. The number of nitrogens with zero attached hydrogens (tertiary/aromatic N) is 2. The SMILES string of the molecule is CC(C)C(=O)C1=C(O)C(=O)N(c2ccc(-c3ccsc3)cc2)C1c1cccnc1OCC(N)=O. The molecule has 0 saturated heterocycles. The van der Waals surface area contributed by atoms with Crippen LogP contribution >= 0.6 is 11.3 Å². The first kappa shape index (κ1) is 23.2. The molecule has 1 aromatic carbocycles. The highest BCUT2D eigenvalue weighted by Gasteiger charge is 2.46. The Balaban J connectivity index is 1.83. The number of pyridine rings is 1. The topological polar surface area (TPSA) is 123 Å². The van der Waals surface area contributed by atoms with Crippen molar-refractivity contribution in [2.45, 2.75) is 19.9 Å². The summed E-state index contributed by atoms with van der Waals surface area (Å²) in [7, 11) is 0. The number of thiophene rings is 1. The molecule has 0 spiro atoms. The largest absolute Gasteiger partial charge is 0.503 e. The lowest BCUT2D eigenvalue weighted by molar-refractivity contribution is -0.120. The minimum Gasteiger partial charge on any atom is -0.503 e. The molecule has 0 aliphatic carbocycles. The van der Waals surface area contributed by atoms with Crippen molar-refractivity contribution in [1.82, 2.24) is 4.98 Å². The number of benzene rings is 1. The Hall–Kier alpha value is -3.98. The second-order valence-corrected chi connectivity index (χ2v) is 8.85. The van der Waals surface area contributed by atoms with Crippen LogP contribution in [0, 0.1) is 5.92 Å². The van der Waals surface area contributed by atoms with Gasteiger partial charge in [-0.25, -0.2) is 4.98 Å². The lowest BCUT2D eigenvalue weighted by Gasteiger charge is -2.28. The van der Waals surface area contributed by atoms with Gasteiger partial charge >= 0.3 is 0 Å². The quantitative estimate of drug-likeness (QED) is 0.509. The number of carbonyl (C=O) groups excluding carboxylic acids is 3. The van der Waals surface area contributed by atoms with Crippen molar-refractivity contribution in [3.63, 3.8) is 0 Å². The van der Waals surface area contributed by atoms with Gasteiger partial charge in [-0.1, -0.05) is 26.0 Å². The number of hydrogen-bond acceptors (Lipinski definition) is 7. The number of hydrogen-bond donors (Lipinski definition) is 2. The number of amides is 2. The molecule has 1 aliphatic rings. The van der Waals surface area contributed by atoms with Crippen LogP contribution in [0.5, 0.6) is 5.88 Å². The number of carbonyl (C=O) groups is 3. The van der Waals surface area contributed by atoms with E-state index < -0.39 is 36.1 Å². The van der Waals surface area contributed by atoms with Crippen LogP contribution in [0.25, 0.3) is 11.1 Å². The third-order valence-electron chi connectivity index (χ3n) is 5.44. The molecule has 3 N–H and O–H groups in total. The Labute approximate surface area is 200 Å². The third kappa shape index (κ3) is 4.29. The van der Waals surface area contributed by atoms with Crippen molar-refractivity contribution in [1.29, 1.82) is 0 Å². The van der Waals surface area contributed by atoms with Crippen LogP contribution < -0.4 is 15.4 Å². The normalized spacial score (nSPS) is 15.8. The molecule has 0 radical (unpaired) electrons. The van der Waals surface area contributed by atoms with Crippen LogP contribution in [0.3, 0.4) is 0 Å². The van der Waals surface area contributed by atoms with E-state index in [9.17, 15) is 19.5 Å². The van der Waals surface area contributed by atoms with Gasteiger partial charge in [0.05, 0.1) is 5.57 Å². The molecule has 4 rings (SSSR count). The summed E-state index contributed by atoms with van der Waals surface area (Å²) in [6.45, 7) is 2.95. The van der Waals surface area contributed by atoms with E-state index >= 15 is 0 Å². The van der Waals surface area contributed by atoms with E-state index in [4.69, 9.17) is 10.5 Å². The molecule has 0 saturated carbocycles. The number of aliphatic hydroxyl groups excluding tert-OH is 1. The Bertz CT molecular complexity index is 1270. The number of ether oxygens (including phenoxy) is 1. The van der Waals surface area contributed by atoms with Gasteiger partial charge in [0.15, 0.2) is 18.1 Å². The van der Waals surface area contributed by atoms with Gasteiger partial charge in [0.2, 0.25) is 5.88 Å². The first-order valence-electron chi connectivity index (χ1n) is 10.6. The van der Waals surface area contributed by atoms with E-state index in [-0.39, 0.29) is 17.2 Å². The molecule has 1 aliphatic heterocycles. The van der Waals surface area contributed by atoms with Crippen molar-refractivity contribution in [3.05, 3.63) is 76.3 Å². The summed E-state index contributed by atoms with van der Waals surface area (Å²) in [5, 5.41) is 14.8. The van der Waals surface area contributed by atoms with E-state index in [1.54, 1.807) is 49.4 Å². The van der Waals surface area contributed by atoms with Gasteiger partial charge in [0.1, 0.15) is 6.04 Å². The predicted molar refractivity (Wildman–Crippen MR) is 128 cm³/mol. The Morgan fingerprint density at radius 3 is 2.53 bits per heavy atom. The molecule has 9 heteroatoms. The van der Waals surface area contributed by atoms with E-state index in [0.717, 1.165) is 11.1 Å². The highest BCUT2D eigenvalue weighted by atomic mass is 32.1. The van der Waals surface area contributed by atoms with Gasteiger partial charge in [-0.05, 0) is 52.2 Å². The monoisotopic (exact) mass is 477 g/mol. The second-order valence-electron chi connectivity index (χ2n) is 8.07. The van der Waals surface area contributed by atoms with E-state index in [0.29, 0.717) is 11.3 Å². The smallest absolute Gasteiger partial charge is 0.294 e. The molecule has 1 unspecified atom stereocenters. The number of nitrogens with two attached hydrogens (primary N) is 1. The van der Waals surface area contributed by atoms with Crippen LogP contribution in [-0.4, -0.2) is 34.3 Å². The number of anilines is 1. The molecular weight excluding hydrogens is 454 g/mol. The molecule has 2 amide bonds. The lowest BCUT2D eigenvalue weighted by Crippen LogP contribution is -2.32. The molecule has 34 heavy (non-hydrogen) atoms. The Morgan fingerprint density at radius 2 is 1.91 bits per heavy atom. The van der Waals surface area contributed by atoms with Crippen molar-refractivity contribution < 1.29 is 24.2 Å². The first-order chi connectivity index (χ1) is 16.3. The highest BCUT2D eigenvalue weighted by molar-refractivity contribution is 7.08. The zero-order valence-electron chi connectivity index (χ0n) is 18.6. The van der Waals surface area contributed by atoms with Crippen molar-refractivity contribution in [2.24, 2.45) is 11.7 Å². The Morgan fingerprint density at radius 1 is 1.18 bits per heavy atom. The van der Waals surface area contributed by atoms with Gasteiger partial charge in [-0.2, -0.15) is 11.3 Å². The third-order valence-corrected chi connectivity index (χ3v) is 6.13. The molecule has 0 fully saturated rings. The maximum Gasteiger partial charge on any atom is 0.294 e. The zero-order valence-corrected chi connectivity index (χ0v) is 19.4. The number of aromatic nitrogens is 1. The first-order valence-corrected chi connectivity index (χ1v) is 11.5. The van der Waals surface area contributed by atoms with E-state index in [2.05, 4.69) is 4.98 Å². The van der Waals surface area contributed by atoms with Crippen LogP contribution in [0.4, 0.5) is 5.69 Å². The minimum atomic E-state index is -0.994. The molecular formula is C25H23N3O5S. The summed E-state index contributed by atoms with van der Waals surface area (Å²) in [6, 6.07) is 11.5. The number of ketones is 1. The number of Topliss-reactive ketones (excluding diaryl/α,β-unsaturated/α-hetero) is 1. The molecule has 3 aromatic rings. The standard InChI is InChI=1S/C25H23N3O5S/c1-14(2)22(30)20-21(18-4-3-10-27-24(18)33-12-19(26)29)28(25(32)23(20)31)17-7-5-15(6-8-17)16-9-11-34-13-16/h3-11,13-14,21,31H,12H2,1-2H3,(H2,26,29). The fraction of sp³-hybridized carbons (Fsp3) is 0.200. The lowest BCUT2D eigenvalue weighted by atomic mass is 9.91. The molecule has 2 aromatic heterocycles. The summed E-state index contributed by atoms with van der Waals surface area (Å²) in [5.74, 6) is -2.82. The fourth-order valence-electron chi connectivity index (χ4n) is 3.84. The average molecular weight is 478 g/mol. The van der Waals surface area contributed by atoms with Crippen LogP contribution in [0.15, 0.2) is 70.8 Å². The van der Waals surface area contributed by atoms with E-state index in [1.165, 1.54) is 11.1 Å². The Kier molecular flexibility index (Phi) is 6.47. The van der Waals surface area contributed by atoms with Crippen LogP contribution in [0.1, 0.15) is 25.5 Å². The van der Waals surface area contributed by atoms with Crippen LogP contribution in [0.2, 0.25) is 0 Å². The average Bonchev–Trinajstić information content (AvgIpc) is 3.45. The van der Waals surface area contributed by atoms with Crippen molar-refractivity contribution >= 4 is 34.6 Å². The number of rotatable bonds is 8. The second kappa shape index (κ2) is 9.48. The molecule has 3 heterocycles. The van der Waals surface area contributed by atoms with Gasteiger partial charge < -0.3 is 15.6 Å². The van der Waals surface area contributed by atoms with E-state index in [1.807, 2.05) is 29.0 Å². The maximum absolute atomic E-state index is 13.3. The van der Waals surface area contributed by atoms with Crippen molar-refractivity contribution in [3.8, 4) is 17.0 Å². The zero-order chi connectivity index (χ0) is 24.4. The minimum absolute atomic E-state index is 0.0427. The summed E-state index contributed by atoms with van der Waals surface area (Å²) in [5.41, 5.74) is 8.03. The number of primary amides is 1. The van der Waals surface area contributed by atoms with Gasteiger partial charge in [0.25, 0.3) is 11.8 Å². The highest BCUT2D eigenvalue weighted by Crippen LogP contribution is 2.44. The molecule has 1 atom stereocenters. The van der Waals surface area contributed by atoms with Crippen molar-refractivity contribution in [2.75, 3.05) is 11.5 Å². The summed E-state index contributed by atoms with van der Waals surface area (Å²) >= 11 is 1.58. The van der Waals surface area contributed by atoms with Gasteiger partial charge in [-0.15, -0.1) is 0 Å². The summed E-state index contributed by atoms with van der Waals surface area (Å²) in [6.07, 6.45) is 1.46. The van der Waals surface area contributed by atoms with Crippen LogP contribution in [-0.2, 0) is 14.4 Å². The summed E-state index contributed by atoms with van der Waals surface area (Å²) < 4.78 is 5.48.